The number of methoxy groups -OCH3 is 1. The molecule has 1 aliphatic rings. The van der Waals surface area contributed by atoms with Gasteiger partial charge in [-0.3, -0.25) is 0 Å². The maximum absolute atomic E-state index is 6.25. The van der Waals surface area contributed by atoms with Crippen LogP contribution in [0.1, 0.15) is 51.0 Å². The van der Waals surface area contributed by atoms with E-state index in [-0.39, 0.29) is 5.60 Å². The fraction of sp³-hybridized carbons (Fsp3) is 0.667. The van der Waals surface area contributed by atoms with Crippen LogP contribution in [0.25, 0.3) is 0 Å². The molecule has 0 saturated heterocycles. The average molecular weight is 291 g/mol. The Bertz CT molecular complexity index is 425. The predicted octanol–water partition coefficient (Wildman–Crippen LogP) is 3.90. The van der Waals surface area contributed by atoms with Crippen LogP contribution in [-0.4, -0.2) is 19.3 Å². The number of hydrogen-bond donors (Lipinski definition) is 1. The lowest BCUT2D eigenvalue weighted by Crippen LogP contribution is -2.43. The van der Waals surface area contributed by atoms with Crippen molar-refractivity contribution in [2.45, 2.75) is 57.7 Å². The summed E-state index contributed by atoms with van der Waals surface area (Å²) in [6.45, 7) is 3.51. The van der Waals surface area contributed by atoms with Crippen LogP contribution >= 0.6 is 0 Å². The van der Waals surface area contributed by atoms with E-state index in [4.69, 9.17) is 15.2 Å². The number of hydrogen-bond acceptors (Lipinski definition) is 3. The molecule has 118 valence electrons. The van der Waals surface area contributed by atoms with Gasteiger partial charge in [-0.15, -0.1) is 0 Å². The lowest BCUT2D eigenvalue weighted by molar-refractivity contribution is -0.0816. The zero-order chi connectivity index (χ0) is 15.1. The Balaban J connectivity index is 1.90. The zero-order valence-electron chi connectivity index (χ0n) is 13.4. The van der Waals surface area contributed by atoms with Gasteiger partial charge in [-0.1, -0.05) is 31.9 Å². The molecule has 0 atom stereocenters. The fourth-order valence-electron chi connectivity index (χ4n) is 3.31. The van der Waals surface area contributed by atoms with Crippen molar-refractivity contribution in [3.05, 3.63) is 29.8 Å². The fourth-order valence-corrected chi connectivity index (χ4v) is 3.31. The van der Waals surface area contributed by atoms with E-state index in [0.717, 1.165) is 30.1 Å². The molecule has 1 aromatic carbocycles. The van der Waals surface area contributed by atoms with Crippen molar-refractivity contribution < 1.29 is 9.47 Å². The largest absolute Gasteiger partial charge is 0.497 e. The standard InChI is InChI=1S/C18H29NO2/c1-3-5-15-8-10-18(14-19,11-9-15)21-13-16-6-4-7-17(12-16)20-2/h4,6-7,12,15H,3,5,8-11,13-14,19H2,1-2H3. The van der Waals surface area contributed by atoms with Gasteiger partial charge in [0, 0.05) is 6.54 Å². The molecule has 0 heterocycles. The zero-order valence-corrected chi connectivity index (χ0v) is 13.4. The first-order valence-electron chi connectivity index (χ1n) is 8.18. The molecule has 0 radical (unpaired) electrons. The summed E-state index contributed by atoms with van der Waals surface area (Å²) in [5.41, 5.74) is 7.06. The molecule has 2 rings (SSSR count). The summed E-state index contributed by atoms with van der Waals surface area (Å²) < 4.78 is 11.5. The number of rotatable bonds is 7. The average Bonchev–Trinajstić information content (AvgIpc) is 2.55. The monoisotopic (exact) mass is 291 g/mol. The molecule has 2 N–H and O–H groups in total. The van der Waals surface area contributed by atoms with Crippen LogP contribution in [0.2, 0.25) is 0 Å². The second-order valence-electron chi connectivity index (χ2n) is 6.26. The van der Waals surface area contributed by atoms with Gasteiger partial charge in [-0.05, 0) is 49.3 Å². The van der Waals surface area contributed by atoms with E-state index in [9.17, 15) is 0 Å². The first kappa shape index (κ1) is 16.3. The highest BCUT2D eigenvalue weighted by molar-refractivity contribution is 5.27. The summed E-state index contributed by atoms with van der Waals surface area (Å²) in [6.07, 6.45) is 7.32. The van der Waals surface area contributed by atoms with Gasteiger partial charge in [0.1, 0.15) is 5.75 Å². The van der Waals surface area contributed by atoms with Crippen LogP contribution in [0.4, 0.5) is 0 Å². The minimum absolute atomic E-state index is 0.118. The van der Waals surface area contributed by atoms with E-state index in [2.05, 4.69) is 13.0 Å². The predicted molar refractivity (Wildman–Crippen MR) is 86.4 cm³/mol. The summed E-state index contributed by atoms with van der Waals surface area (Å²) in [5, 5.41) is 0. The van der Waals surface area contributed by atoms with Gasteiger partial charge in [0.05, 0.1) is 19.3 Å². The summed E-state index contributed by atoms with van der Waals surface area (Å²) in [7, 11) is 1.69. The van der Waals surface area contributed by atoms with E-state index in [0.29, 0.717) is 13.2 Å². The van der Waals surface area contributed by atoms with E-state index in [1.54, 1.807) is 7.11 Å². The van der Waals surface area contributed by atoms with Crippen molar-refractivity contribution in [1.82, 2.24) is 0 Å². The smallest absolute Gasteiger partial charge is 0.119 e. The Morgan fingerprint density at radius 1 is 1.29 bits per heavy atom. The van der Waals surface area contributed by atoms with Gasteiger partial charge >= 0.3 is 0 Å². The van der Waals surface area contributed by atoms with Crippen LogP contribution in [0, 0.1) is 5.92 Å². The van der Waals surface area contributed by atoms with Gasteiger partial charge in [0.25, 0.3) is 0 Å². The summed E-state index contributed by atoms with van der Waals surface area (Å²) in [6, 6.07) is 8.07. The van der Waals surface area contributed by atoms with Gasteiger partial charge in [0.2, 0.25) is 0 Å². The molecule has 1 aliphatic carbocycles. The van der Waals surface area contributed by atoms with E-state index in [1.165, 1.54) is 25.7 Å². The Hall–Kier alpha value is -1.06. The molecule has 0 unspecified atom stereocenters. The first-order chi connectivity index (χ1) is 10.2. The summed E-state index contributed by atoms with van der Waals surface area (Å²) >= 11 is 0. The van der Waals surface area contributed by atoms with Gasteiger partial charge in [-0.25, -0.2) is 0 Å². The van der Waals surface area contributed by atoms with Gasteiger partial charge in [-0.2, -0.15) is 0 Å². The molecule has 21 heavy (non-hydrogen) atoms. The molecule has 0 amide bonds. The van der Waals surface area contributed by atoms with E-state index in [1.807, 2.05) is 18.2 Å². The lowest BCUT2D eigenvalue weighted by atomic mass is 9.77. The van der Waals surface area contributed by atoms with Crippen molar-refractivity contribution in [3.63, 3.8) is 0 Å². The Morgan fingerprint density at radius 2 is 2.05 bits per heavy atom. The maximum atomic E-state index is 6.25. The lowest BCUT2D eigenvalue weighted by Gasteiger charge is -2.39. The molecule has 3 nitrogen and oxygen atoms in total. The summed E-state index contributed by atoms with van der Waals surface area (Å²) in [4.78, 5) is 0. The third kappa shape index (κ3) is 4.45. The number of nitrogens with two attached hydrogens (primary N) is 1. The Morgan fingerprint density at radius 3 is 2.67 bits per heavy atom. The molecule has 1 saturated carbocycles. The highest BCUT2D eigenvalue weighted by Crippen LogP contribution is 2.36. The minimum Gasteiger partial charge on any atom is -0.497 e. The van der Waals surface area contributed by atoms with Crippen molar-refractivity contribution in [3.8, 4) is 5.75 Å². The second-order valence-corrected chi connectivity index (χ2v) is 6.26. The highest BCUT2D eigenvalue weighted by Gasteiger charge is 2.34. The van der Waals surface area contributed by atoms with Crippen molar-refractivity contribution in [2.75, 3.05) is 13.7 Å². The topological polar surface area (TPSA) is 44.5 Å². The second kappa shape index (κ2) is 7.81. The maximum Gasteiger partial charge on any atom is 0.119 e. The number of ether oxygens (including phenoxy) is 2. The Labute approximate surface area is 128 Å². The molecule has 0 spiro atoms. The van der Waals surface area contributed by atoms with E-state index < -0.39 is 0 Å². The molecule has 3 heteroatoms. The van der Waals surface area contributed by atoms with Crippen molar-refractivity contribution in [2.24, 2.45) is 11.7 Å². The van der Waals surface area contributed by atoms with Crippen LogP contribution in [-0.2, 0) is 11.3 Å². The van der Waals surface area contributed by atoms with Crippen LogP contribution in [0.5, 0.6) is 5.75 Å². The van der Waals surface area contributed by atoms with Gasteiger partial charge in [0.15, 0.2) is 0 Å². The SMILES string of the molecule is CCCC1CCC(CN)(OCc2cccc(OC)c2)CC1. The van der Waals surface area contributed by atoms with Crippen LogP contribution in [0.15, 0.2) is 24.3 Å². The van der Waals surface area contributed by atoms with Crippen LogP contribution < -0.4 is 10.5 Å². The quantitative estimate of drug-likeness (QED) is 0.828. The van der Waals surface area contributed by atoms with E-state index >= 15 is 0 Å². The third-order valence-corrected chi connectivity index (χ3v) is 4.76. The molecule has 0 aromatic heterocycles. The first-order valence-corrected chi connectivity index (χ1v) is 8.18. The molecule has 1 aromatic rings. The molecule has 0 bridgehead atoms. The van der Waals surface area contributed by atoms with Crippen molar-refractivity contribution in [1.29, 1.82) is 0 Å². The molecular weight excluding hydrogens is 262 g/mol. The minimum atomic E-state index is -0.118. The highest BCUT2D eigenvalue weighted by atomic mass is 16.5. The summed E-state index contributed by atoms with van der Waals surface area (Å²) in [5.74, 6) is 1.75. The molecular formula is C18H29NO2. The molecule has 1 fully saturated rings. The van der Waals surface area contributed by atoms with Crippen LogP contribution in [0.3, 0.4) is 0 Å². The third-order valence-electron chi connectivity index (χ3n) is 4.76. The number of benzene rings is 1. The normalized spacial score (nSPS) is 25.8. The Kier molecular flexibility index (Phi) is 6.07. The van der Waals surface area contributed by atoms with Gasteiger partial charge < -0.3 is 15.2 Å². The molecule has 0 aliphatic heterocycles. The van der Waals surface area contributed by atoms with Crippen molar-refractivity contribution >= 4 is 0 Å².